The van der Waals surface area contributed by atoms with Gasteiger partial charge in [-0.15, -0.1) is 0 Å². The number of nitrogens with one attached hydrogen (secondary N) is 2. The van der Waals surface area contributed by atoms with Crippen molar-refractivity contribution in [2.75, 3.05) is 5.32 Å². The molecular weight excluding hydrogens is 380 g/mol. The minimum Gasteiger partial charge on any atom is -0.380 e. The zero-order valence-corrected chi connectivity index (χ0v) is 16.8. The van der Waals surface area contributed by atoms with Gasteiger partial charge >= 0.3 is 0 Å². The SMILES string of the molecule is Cc1ccccc1C(=O)N1[C@H]2CC[C@H]1CC(Nc1c(C(N)=O)cnc3nc[nH]c13)C2. The molecule has 2 atom stereocenters. The normalized spacial score (nSPS) is 23.0. The molecular formula is C22H24N6O2. The fraction of sp³-hybridized carbons (Fsp3) is 0.364. The van der Waals surface area contributed by atoms with Crippen LogP contribution in [0.3, 0.4) is 0 Å². The van der Waals surface area contributed by atoms with Crippen LogP contribution in [0.2, 0.25) is 0 Å². The summed E-state index contributed by atoms with van der Waals surface area (Å²) in [5, 5.41) is 3.52. The van der Waals surface area contributed by atoms with Crippen molar-refractivity contribution in [3.8, 4) is 0 Å². The van der Waals surface area contributed by atoms with E-state index in [4.69, 9.17) is 5.73 Å². The van der Waals surface area contributed by atoms with Crippen LogP contribution in [0.1, 0.15) is 52.0 Å². The number of aromatic amines is 1. The molecule has 2 aromatic heterocycles. The quantitative estimate of drug-likeness (QED) is 0.618. The zero-order valence-electron chi connectivity index (χ0n) is 16.8. The summed E-state index contributed by atoms with van der Waals surface area (Å²) in [5.41, 5.74) is 9.58. The van der Waals surface area contributed by atoms with Gasteiger partial charge in [0.05, 0.1) is 17.6 Å². The van der Waals surface area contributed by atoms with Gasteiger partial charge in [0.25, 0.3) is 11.8 Å². The molecule has 2 aliphatic heterocycles. The van der Waals surface area contributed by atoms with Crippen molar-refractivity contribution < 1.29 is 9.59 Å². The number of H-pyrrole nitrogens is 1. The Bertz CT molecular complexity index is 1130. The van der Waals surface area contributed by atoms with E-state index in [-0.39, 0.29) is 24.0 Å². The Morgan fingerprint density at radius 1 is 1.13 bits per heavy atom. The Morgan fingerprint density at radius 2 is 1.87 bits per heavy atom. The minimum absolute atomic E-state index is 0.122. The molecule has 2 fully saturated rings. The van der Waals surface area contributed by atoms with Crippen LogP contribution in [0.25, 0.3) is 11.2 Å². The number of carbonyl (C=O) groups excluding carboxylic acids is 2. The lowest BCUT2D eigenvalue weighted by molar-refractivity contribution is 0.0582. The average Bonchev–Trinajstić information content (AvgIpc) is 3.30. The van der Waals surface area contributed by atoms with E-state index in [1.54, 1.807) is 6.33 Å². The van der Waals surface area contributed by atoms with E-state index in [9.17, 15) is 9.59 Å². The molecule has 30 heavy (non-hydrogen) atoms. The highest BCUT2D eigenvalue weighted by atomic mass is 16.2. The highest BCUT2D eigenvalue weighted by Gasteiger charge is 2.43. The first-order valence-electron chi connectivity index (χ1n) is 10.3. The van der Waals surface area contributed by atoms with Gasteiger partial charge in [-0.1, -0.05) is 18.2 Å². The number of aryl methyl sites for hydroxylation is 1. The molecule has 2 saturated heterocycles. The van der Waals surface area contributed by atoms with E-state index in [1.807, 2.05) is 31.2 Å². The number of aromatic nitrogens is 3. The summed E-state index contributed by atoms with van der Waals surface area (Å²) < 4.78 is 0. The highest BCUT2D eigenvalue weighted by molar-refractivity contribution is 6.04. The lowest BCUT2D eigenvalue weighted by atomic mass is 9.95. The molecule has 0 unspecified atom stereocenters. The summed E-state index contributed by atoms with van der Waals surface area (Å²) in [4.78, 5) is 38.7. The van der Waals surface area contributed by atoms with Crippen molar-refractivity contribution in [1.29, 1.82) is 0 Å². The first-order chi connectivity index (χ1) is 14.5. The van der Waals surface area contributed by atoms with E-state index >= 15 is 0 Å². The maximum absolute atomic E-state index is 13.3. The van der Waals surface area contributed by atoms with Gasteiger partial charge in [-0.2, -0.15) is 0 Å². The molecule has 1 aromatic carbocycles. The number of hydrogen-bond acceptors (Lipinski definition) is 5. The summed E-state index contributed by atoms with van der Waals surface area (Å²) in [6.07, 6.45) is 6.67. The molecule has 4 N–H and O–H groups in total. The lowest BCUT2D eigenvalue weighted by Crippen LogP contribution is -2.50. The number of carbonyl (C=O) groups is 2. The minimum atomic E-state index is -0.531. The van der Waals surface area contributed by atoms with Gasteiger partial charge < -0.3 is 20.9 Å². The standard InChI is InChI=1S/C22H24N6O2/c1-12-4-2-3-5-16(12)22(30)28-14-6-7-15(28)9-13(8-14)27-18-17(20(23)29)10-24-21-19(18)25-11-26-21/h2-5,10-11,13-15H,6-9H2,1H3,(H2,23,29)(H2,24,25,26,27)/t14-,15-/m0/s1. The van der Waals surface area contributed by atoms with Crippen LogP contribution in [-0.4, -0.2) is 49.8 Å². The van der Waals surface area contributed by atoms with E-state index in [0.29, 0.717) is 22.4 Å². The molecule has 5 rings (SSSR count). The molecule has 0 spiro atoms. The van der Waals surface area contributed by atoms with E-state index in [2.05, 4.69) is 25.2 Å². The zero-order chi connectivity index (χ0) is 20.8. The molecule has 0 radical (unpaired) electrons. The fourth-order valence-corrected chi connectivity index (χ4v) is 5.01. The number of pyridine rings is 1. The summed E-state index contributed by atoms with van der Waals surface area (Å²) in [7, 11) is 0. The molecule has 2 aliphatic rings. The van der Waals surface area contributed by atoms with Crippen LogP contribution >= 0.6 is 0 Å². The third kappa shape index (κ3) is 2.99. The number of nitrogens with two attached hydrogens (primary N) is 1. The van der Waals surface area contributed by atoms with Crippen molar-refractivity contribution in [3.05, 3.63) is 53.5 Å². The molecule has 2 amide bonds. The van der Waals surface area contributed by atoms with Crippen molar-refractivity contribution in [2.24, 2.45) is 5.73 Å². The number of benzene rings is 1. The van der Waals surface area contributed by atoms with Crippen LogP contribution < -0.4 is 11.1 Å². The second-order valence-electron chi connectivity index (χ2n) is 8.24. The van der Waals surface area contributed by atoms with E-state index in [1.165, 1.54) is 6.20 Å². The summed E-state index contributed by atoms with van der Waals surface area (Å²) in [6.45, 7) is 1.98. The van der Waals surface area contributed by atoms with Crippen molar-refractivity contribution in [3.63, 3.8) is 0 Å². The third-order valence-corrected chi connectivity index (χ3v) is 6.41. The second-order valence-corrected chi connectivity index (χ2v) is 8.24. The molecule has 3 aromatic rings. The van der Waals surface area contributed by atoms with Crippen LogP contribution in [-0.2, 0) is 0 Å². The Labute approximate surface area is 173 Å². The monoisotopic (exact) mass is 404 g/mol. The van der Waals surface area contributed by atoms with Crippen molar-refractivity contribution in [1.82, 2.24) is 19.9 Å². The van der Waals surface area contributed by atoms with Gasteiger partial charge in [0.15, 0.2) is 5.65 Å². The predicted molar refractivity (Wildman–Crippen MR) is 113 cm³/mol. The summed E-state index contributed by atoms with van der Waals surface area (Å²) in [6, 6.07) is 8.27. The molecule has 8 heteroatoms. The number of primary amides is 1. The van der Waals surface area contributed by atoms with Gasteiger partial charge in [0, 0.05) is 29.9 Å². The van der Waals surface area contributed by atoms with Gasteiger partial charge in [0.1, 0.15) is 5.52 Å². The topological polar surface area (TPSA) is 117 Å². The third-order valence-electron chi connectivity index (χ3n) is 6.41. The fourth-order valence-electron chi connectivity index (χ4n) is 5.01. The molecule has 154 valence electrons. The van der Waals surface area contributed by atoms with Gasteiger partial charge in [-0.3, -0.25) is 9.59 Å². The number of rotatable bonds is 4. The van der Waals surface area contributed by atoms with E-state index < -0.39 is 5.91 Å². The number of amides is 2. The van der Waals surface area contributed by atoms with Gasteiger partial charge in [0.2, 0.25) is 0 Å². The molecule has 0 saturated carbocycles. The smallest absolute Gasteiger partial charge is 0.254 e. The molecule has 4 heterocycles. The van der Waals surface area contributed by atoms with Crippen LogP contribution in [0.5, 0.6) is 0 Å². The van der Waals surface area contributed by atoms with Crippen molar-refractivity contribution in [2.45, 2.75) is 50.7 Å². The summed E-state index contributed by atoms with van der Waals surface area (Å²) in [5.74, 6) is -0.409. The Kier molecular flexibility index (Phi) is 4.42. The summed E-state index contributed by atoms with van der Waals surface area (Å²) >= 11 is 0. The maximum Gasteiger partial charge on any atom is 0.254 e. The maximum atomic E-state index is 13.3. The lowest BCUT2D eigenvalue weighted by Gasteiger charge is -2.40. The van der Waals surface area contributed by atoms with Crippen LogP contribution in [0.15, 0.2) is 36.8 Å². The van der Waals surface area contributed by atoms with E-state index in [0.717, 1.165) is 36.8 Å². The Hall–Kier alpha value is -3.42. The largest absolute Gasteiger partial charge is 0.380 e. The Balaban J connectivity index is 1.40. The first kappa shape index (κ1) is 18.6. The highest BCUT2D eigenvalue weighted by Crippen LogP contribution is 2.39. The number of anilines is 1. The second kappa shape index (κ2) is 7.12. The first-order valence-corrected chi connectivity index (χ1v) is 10.3. The predicted octanol–water partition coefficient (Wildman–Crippen LogP) is 2.61. The van der Waals surface area contributed by atoms with Gasteiger partial charge in [-0.25, -0.2) is 9.97 Å². The Morgan fingerprint density at radius 3 is 2.57 bits per heavy atom. The van der Waals surface area contributed by atoms with Crippen LogP contribution in [0, 0.1) is 6.92 Å². The average molecular weight is 404 g/mol. The molecule has 2 bridgehead atoms. The van der Waals surface area contributed by atoms with Crippen molar-refractivity contribution >= 4 is 28.7 Å². The van der Waals surface area contributed by atoms with Gasteiger partial charge in [-0.05, 0) is 44.2 Å². The molecule has 0 aliphatic carbocycles. The number of imidazole rings is 1. The van der Waals surface area contributed by atoms with Crippen LogP contribution in [0.4, 0.5) is 5.69 Å². The molecule has 8 nitrogen and oxygen atoms in total. The number of hydrogen-bond donors (Lipinski definition) is 3. The number of fused-ring (bicyclic) bond motifs is 3. The number of nitrogens with zero attached hydrogens (tertiary/aromatic N) is 3. The number of piperidine rings is 1.